The van der Waals surface area contributed by atoms with Gasteiger partial charge in [-0.25, -0.2) is 0 Å². The van der Waals surface area contributed by atoms with Crippen molar-refractivity contribution in [2.75, 3.05) is 0 Å². The van der Waals surface area contributed by atoms with Crippen LogP contribution in [0.4, 0.5) is 0 Å². The molecular weight excluding hydrogens is 246 g/mol. The summed E-state index contributed by atoms with van der Waals surface area (Å²) in [4.78, 5) is 0. The van der Waals surface area contributed by atoms with Gasteiger partial charge < -0.3 is 10.5 Å². The maximum Gasteiger partial charge on any atom is 0.119 e. The van der Waals surface area contributed by atoms with Gasteiger partial charge >= 0.3 is 0 Å². The van der Waals surface area contributed by atoms with Crippen molar-refractivity contribution in [1.29, 1.82) is 0 Å². The van der Waals surface area contributed by atoms with Crippen LogP contribution in [0.25, 0.3) is 0 Å². The third-order valence-corrected chi connectivity index (χ3v) is 4.60. The lowest BCUT2D eigenvalue weighted by atomic mass is 9.85. The van der Waals surface area contributed by atoms with Crippen LogP contribution >= 0.6 is 0 Å². The zero-order valence-corrected chi connectivity index (χ0v) is 13.0. The second-order valence-corrected chi connectivity index (χ2v) is 6.13. The molecule has 0 spiro atoms. The molecule has 2 rings (SSSR count). The van der Waals surface area contributed by atoms with E-state index in [2.05, 4.69) is 38.1 Å². The molecule has 0 bridgehead atoms. The Morgan fingerprint density at radius 2 is 1.85 bits per heavy atom. The first kappa shape index (κ1) is 15.4. The topological polar surface area (TPSA) is 35.2 Å². The molecule has 2 N–H and O–H groups in total. The average Bonchev–Trinajstić information content (AvgIpc) is 2.49. The van der Waals surface area contributed by atoms with E-state index in [4.69, 9.17) is 10.5 Å². The van der Waals surface area contributed by atoms with E-state index in [0.29, 0.717) is 6.10 Å². The van der Waals surface area contributed by atoms with Crippen LogP contribution in [-0.4, -0.2) is 12.1 Å². The summed E-state index contributed by atoms with van der Waals surface area (Å²) in [5.41, 5.74) is 7.31. The molecule has 1 aliphatic rings. The molecule has 1 saturated carbocycles. The molecule has 3 unspecified atom stereocenters. The van der Waals surface area contributed by atoms with Gasteiger partial charge in [-0.3, -0.25) is 0 Å². The quantitative estimate of drug-likeness (QED) is 0.839. The van der Waals surface area contributed by atoms with Crippen LogP contribution in [0.2, 0.25) is 0 Å². The fraction of sp³-hybridized carbons (Fsp3) is 0.667. The molecule has 1 aromatic rings. The van der Waals surface area contributed by atoms with Crippen molar-refractivity contribution < 1.29 is 4.74 Å². The predicted octanol–water partition coefficient (Wildman–Crippen LogP) is 4.31. The summed E-state index contributed by atoms with van der Waals surface area (Å²) in [6.45, 7) is 4.41. The standard InChI is InChI=1S/C18H29NO/c1-3-15-7-5-6-8-18(15)20-17-11-9-14(10-12-17)13-16(19)4-2/h9-12,15-16,18H,3-8,13,19H2,1-2H3. The Labute approximate surface area is 123 Å². The molecule has 1 aromatic carbocycles. The Morgan fingerprint density at radius 3 is 2.50 bits per heavy atom. The van der Waals surface area contributed by atoms with Crippen LogP contribution in [0.3, 0.4) is 0 Å². The number of hydrogen-bond acceptors (Lipinski definition) is 2. The summed E-state index contributed by atoms with van der Waals surface area (Å²) in [5.74, 6) is 1.75. The van der Waals surface area contributed by atoms with Gasteiger partial charge in [0.25, 0.3) is 0 Å². The van der Waals surface area contributed by atoms with Gasteiger partial charge in [0.1, 0.15) is 11.9 Å². The molecule has 1 fully saturated rings. The number of ether oxygens (including phenoxy) is 1. The fourth-order valence-electron chi connectivity index (χ4n) is 3.12. The van der Waals surface area contributed by atoms with Crippen LogP contribution in [-0.2, 0) is 6.42 Å². The van der Waals surface area contributed by atoms with Gasteiger partial charge in [-0.15, -0.1) is 0 Å². The molecule has 2 nitrogen and oxygen atoms in total. The Kier molecular flexibility index (Phi) is 5.90. The molecule has 2 heteroatoms. The first-order chi connectivity index (χ1) is 9.72. The van der Waals surface area contributed by atoms with Crippen molar-refractivity contribution in [2.24, 2.45) is 11.7 Å². The van der Waals surface area contributed by atoms with Crippen molar-refractivity contribution in [1.82, 2.24) is 0 Å². The summed E-state index contributed by atoms with van der Waals surface area (Å²) in [6, 6.07) is 8.81. The van der Waals surface area contributed by atoms with Gasteiger partial charge in [-0.2, -0.15) is 0 Å². The summed E-state index contributed by atoms with van der Waals surface area (Å²) < 4.78 is 6.21. The van der Waals surface area contributed by atoms with Gasteiger partial charge in [0.15, 0.2) is 0 Å². The number of nitrogens with two attached hydrogens (primary N) is 1. The summed E-state index contributed by atoms with van der Waals surface area (Å²) in [6.07, 6.45) is 8.84. The minimum Gasteiger partial charge on any atom is -0.490 e. The number of hydrogen-bond donors (Lipinski definition) is 1. The smallest absolute Gasteiger partial charge is 0.119 e. The molecule has 0 heterocycles. The van der Waals surface area contributed by atoms with Crippen LogP contribution in [0.15, 0.2) is 24.3 Å². The third-order valence-electron chi connectivity index (χ3n) is 4.60. The molecule has 0 saturated heterocycles. The Balaban J connectivity index is 1.92. The normalized spacial score (nSPS) is 24.4. The maximum absolute atomic E-state index is 6.21. The predicted molar refractivity (Wildman–Crippen MR) is 85.1 cm³/mol. The highest BCUT2D eigenvalue weighted by molar-refractivity contribution is 5.28. The van der Waals surface area contributed by atoms with E-state index in [1.54, 1.807) is 0 Å². The SMILES string of the molecule is CCC(N)Cc1ccc(OC2CCCCC2CC)cc1. The summed E-state index contributed by atoms with van der Waals surface area (Å²) in [5, 5.41) is 0. The second-order valence-electron chi connectivity index (χ2n) is 6.13. The first-order valence-corrected chi connectivity index (χ1v) is 8.24. The van der Waals surface area contributed by atoms with Crippen molar-refractivity contribution in [3.63, 3.8) is 0 Å². The Morgan fingerprint density at radius 1 is 1.15 bits per heavy atom. The molecule has 20 heavy (non-hydrogen) atoms. The Bertz CT molecular complexity index is 387. The van der Waals surface area contributed by atoms with E-state index in [0.717, 1.165) is 24.5 Å². The second kappa shape index (κ2) is 7.68. The van der Waals surface area contributed by atoms with E-state index in [9.17, 15) is 0 Å². The largest absolute Gasteiger partial charge is 0.490 e. The lowest BCUT2D eigenvalue weighted by Gasteiger charge is -2.31. The fourth-order valence-corrected chi connectivity index (χ4v) is 3.12. The minimum atomic E-state index is 0.268. The molecule has 3 atom stereocenters. The van der Waals surface area contributed by atoms with Crippen molar-refractivity contribution in [3.8, 4) is 5.75 Å². The lowest BCUT2D eigenvalue weighted by Crippen LogP contribution is -2.29. The van der Waals surface area contributed by atoms with Crippen LogP contribution in [0.1, 0.15) is 57.9 Å². The summed E-state index contributed by atoms with van der Waals surface area (Å²) >= 11 is 0. The van der Waals surface area contributed by atoms with Gasteiger partial charge in [0.2, 0.25) is 0 Å². The van der Waals surface area contributed by atoms with Gasteiger partial charge in [0.05, 0.1) is 0 Å². The van der Waals surface area contributed by atoms with E-state index in [1.165, 1.54) is 37.7 Å². The lowest BCUT2D eigenvalue weighted by molar-refractivity contribution is 0.0904. The number of rotatable bonds is 6. The average molecular weight is 275 g/mol. The highest BCUT2D eigenvalue weighted by Gasteiger charge is 2.25. The van der Waals surface area contributed by atoms with Crippen LogP contribution in [0.5, 0.6) is 5.75 Å². The molecule has 0 amide bonds. The zero-order chi connectivity index (χ0) is 14.4. The zero-order valence-electron chi connectivity index (χ0n) is 13.0. The van der Waals surface area contributed by atoms with Crippen LogP contribution < -0.4 is 10.5 Å². The Hall–Kier alpha value is -1.02. The summed E-state index contributed by atoms with van der Waals surface area (Å²) in [7, 11) is 0. The van der Waals surface area contributed by atoms with Crippen molar-refractivity contribution in [3.05, 3.63) is 29.8 Å². The molecular formula is C18H29NO. The molecule has 0 aromatic heterocycles. The highest BCUT2D eigenvalue weighted by atomic mass is 16.5. The first-order valence-electron chi connectivity index (χ1n) is 8.24. The van der Waals surface area contributed by atoms with E-state index < -0.39 is 0 Å². The minimum absolute atomic E-state index is 0.268. The van der Waals surface area contributed by atoms with Gasteiger partial charge in [0, 0.05) is 6.04 Å². The molecule has 0 aliphatic heterocycles. The van der Waals surface area contributed by atoms with E-state index >= 15 is 0 Å². The maximum atomic E-state index is 6.21. The highest BCUT2D eigenvalue weighted by Crippen LogP contribution is 2.30. The van der Waals surface area contributed by atoms with E-state index in [1.807, 2.05) is 0 Å². The van der Waals surface area contributed by atoms with Gasteiger partial charge in [-0.1, -0.05) is 32.4 Å². The van der Waals surface area contributed by atoms with Crippen molar-refractivity contribution >= 4 is 0 Å². The van der Waals surface area contributed by atoms with Crippen molar-refractivity contribution in [2.45, 2.75) is 70.9 Å². The number of benzene rings is 1. The molecule has 1 aliphatic carbocycles. The molecule has 0 radical (unpaired) electrons. The monoisotopic (exact) mass is 275 g/mol. The third kappa shape index (κ3) is 4.24. The van der Waals surface area contributed by atoms with Gasteiger partial charge in [-0.05, 0) is 62.1 Å². The molecule has 112 valence electrons. The van der Waals surface area contributed by atoms with Crippen LogP contribution in [0, 0.1) is 5.92 Å². The van der Waals surface area contributed by atoms with E-state index in [-0.39, 0.29) is 6.04 Å².